The van der Waals surface area contributed by atoms with Gasteiger partial charge >= 0.3 is 11.9 Å². The van der Waals surface area contributed by atoms with E-state index in [0.717, 1.165) is 25.7 Å². The van der Waals surface area contributed by atoms with E-state index >= 15 is 0 Å². The number of hydrogen-bond acceptors (Lipinski definition) is 2. The van der Waals surface area contributed by atoms with Crippen LogP contribution in [0.3, 0.4) is 0 Å². The van der Waals surface area contributed by atoms with Gasteiger partial charge in [-0.25, -0.2) is 9.59 Å². The number of aliphatic carboxylic acids is 2. The van der Waals surface area contributed by atoms with Gasteiger partial charge in [-0.15, -0.1) is 0 Å². The Labute approximate surface area is 109 Å². The number of rotatable bonds is 7. The molecule has 104 valence electrons. The minimum atomic E-state index is -0.872. The van der Waals surface area contributed by atoms with E-state index < -0.39 is 11.9 Å². The van der Waals surface area contributed by atoms with Gasteiger partial charge in [-0.1, -0.05) is 39.3 Å². The molecule has 0 heterocycles. The second kappa shape index (κ2) is 11.9. The van der Waals surface area contributed by atoms with Gasteiger partial charge in [0.2, 0.25) is 0 Å². The lowest BCUT2D eigenvalue weighted by Crippen LogP contribution is -1.97. The van der Waals surface area contributed by atoms with Crippen LogP contribution in [0.25, 0.3) is 0 Å². The summed E-state index contributed by atoms with van der Waals surface area (Å²) in [6, 6.07) is 0. The van der Waals surface area contributed by atoms with Crippen LogP contribution in [0.15, 0.2) is 23.8 Å². The van der Waals surface area contributed by atoms with Gasteiger partial charge in [-0.3, -0.25) is 0 Å². The van der Waals surface area contributed by atoms with Gasteiger partial charge in [0.05, 0.1) is 0 Å². The average molecular weight is 256 g/mol. The minimum absolute atomic E-state index is 0.317. The van der Waals surface area contributed by atoms with Crippen molar-refractivity contribution in [2.45, 2.75) is 52.9 Å². The van der Waals surface area contributed by atoms with Crippen molar-refractivity contribution in [1.29, 1.82) is 0 Å². The summed E-state index contributed by atoms with van der Waals surface area (Å²) in [4.78, 5) is 20.2. The maximum absolute atomic E-state index is 10.1. The summed E-state index contributed by atoms with van der Waals surface area (Å²) in [6.45, 7) is 9.04. The van der Waals surface area contributed by atoms with Gasteiger partial charge in [-0.05, 0) is 26.2 Å². The molecule has 0 aromatic rings. The Hall–Kier alpha value is -1.58. The van der Waals surface area contributed by atoms with Crippen molar-refractivity contribution < 1.29 is 19.8 Å². The molecule has 0 rings (SSSR count). The lowest BCUT2D eigenvalue weighted by atomic mass is 10.1. The summed E-state index contributed by atoms with van der Waals surface area (Å²) in [6.07, 6.45) is 6.16. The molecule has 0 atom stereocenters. The van der Waals surface area contributed by atoms with Crippen molar-refractivity contribution in [3.63, 3.8) is 0 Å². The molecule has 0 radical (unpaired) electrons. The van der Waals surface area contributed by atoms with Crippen LogP contribution in [0, 0.1) is 0 Å². The van der Waals surface area contributed by atoms with Crippen LogP contribution in [0.4, 0.5) is 0 Å². The highest BCUT2D eigenvalue weighted by Crippen LogP contribution is 2.03. The smallest absolute Gasteiger partial charge is 0.330 e. The van der Waals surface area contributed by atoms with Gasteiger partial charge < -0.3 is 10.2 Å². The zero-order valence-corrected chi connectivity index (χ0v) is 11.5. The highest BCUT2D eigenvalue weighted by atomic mass is 16.4. The van der Waals surface area contributed by atoms with Crippen LogP contribution >= 0.6 is 0 Å². The molecule has 0 saturated heterocycles. The molecule has 0 aromatic carbocycles. The maximum atomic E-state index is 10.1. The molecule has 0 aliphatic rings. The van der Waals surface area contributed by atoms with Gasteiger partial charge in [-0.2, -0.15) is 0 Å². The lowest BCUT2D eigenvalue weighted by Gasteiger charge is -1.95. The summed E-state index contributed by atoms with van der Waals surface area (Å²) in [5.41, 5.74) is 0.758. The molecule has 0 fully saturated rings. The molecular formula is C14H24O4. The van der Waals surface area contributed by atoms with Crippen molar-refractivity contribution in [2.24, 2.45) is 0 Å². The first-order chi connectivity index (χ1) is 8.36. The summed E-state index contributed by atoms with van der Waals surface area (Å²) in [5.74, 6) is -1.69. The molecule has 18 heavy (non-hydrogen) atoms. The highest BCUT2D eigenvalue weighted by Gasteiger charge is 2.00. The lowest BCUT2D eigenvalue weighted by molar-refractivity contribution is -0.133. The quantitative estimate of drug-likeness (QED) is 0.682. The maximum Gasteiger partial charge on any atom is 0.330 e. The molecule has 2 N–H and O–H groups in total. The average Bonchev–Trinajstić information content (AvgIpc) is 2.33. The van der Waals surface area contributed by atoms with Crippen molar-refractivity contribution in [3.8, 4) is 0 Å². The van der Waals surface area contributed by atoms with E-state index in [2.05, 4.69) is 6.58 Å². The van der Waals surface area contributed by atoms with Gasteiger partial charge in [0.15, 0.2) is 0 Å². The Morgan fingerprint density at radius 1 is 1.11 bits per heavy atom. The predicted octanol–water partition coefficient (Wildman–Crippen LogP) is 3.63. The first kappa shape index (κ1) is 18.8. The van der Waals surface area contributed by atoms with E-state index in [1.807, 2.05) is 13.8 Å². The van der Waals surface area contributed by atoms with Crippen molar-refractivity contribution >= 4 is 11.9 Å². The molecule has 0 amide bonds. The fourth-order valence-electron chi connectivity index (χ4n) is 0.945. The number of carbonyl (C=O) groups is 2. The molecule has 0 saturated carbocycles. The number of carboxylic acids is 2. The number of unbranched alkanes of at least 4 members (excludes halogenated alkanes) is 2. The molecule has 4 nitrogen and oxygen atoms in total. The zero-order chi connectivity index (χ0) is 14.6. The zero-order valence-electron chi connectivity index (χ0n) is 11.5. The van der Waals surface area contributed by atoms with E-state index in [9.17, 15) is 9.59 Å². The second-order valence-corrected chi connectivity index (χ2v) is 3.99. The normalized spacial score (nSPS) is 10.3. The third kappa shape index (κ3) is 12.5. The molecule has 0 unspecified atom stereocenters. The summed E-state index contributed by atoms with van der Waals surface area (Å²) in [7, 11) is 0. The third-order valence-electron chi connectivity index (χ3n) is 2.21. The first-order valence-corrected chi connectivity index (χ1v) is 6.17. The third-order valence-corrected chi connectivity index (χ3v) is 2.21. The van der Waals surface area contributed by atoms with E-state index in [0.29, 0.717) is 17.6 Å². The van der Waals surface area contributed by atoms with Crippen LogP contribution in [0.1, 0.15) is 52.9 Å². The van der Waals surface area contributed by atoms with Crippen LogP contribution in [0.5, 0.6) is 0 Å². The Morgan fingerprint density at radius 2 is 1.67 bits per heavy atom. The first-order valence-electron chi connectivity index (χ1n) is 6.17. The Bertz CT molecular complexity index is 303. The Kier molecular flexibility index (Phi) is 12.4. The molecule has 0 bridgehead atoms. The molecule has 0 aliphatic heterocycles. The van der Waals surface area contributed by atoms with Gasteiger partial charge in [0.25, 0.3) is 0 Å². The van der Waals surface area contributed by atoms with Crippen LogP contribution in [-0.2, 0) is 9.59 Å². The molecule has 0 aromatic heterocycles. The van der Waals surface area contributed by atoms with Crippen molar-refractivity contribution in [2.75, 3.05) is 0 Å². The molecular weight excluding hydrogens is 232 g/mol. The molecule has 0 aliphatic carbocycles. The van der Waals surface area contributed by atoms with Crippen LogP contribution < -0.4 is 0 Å². The fraction of sp³-hybridized carbons (Fsp3) is 0.571. The van der Waals surface area contributed by atoms with Crippen LogP contribution in [-0.4, -0.2) is 22.2 Å². The SMILES string of the molecule is C=C(CCCC)C(=O)O.CCC/C=C(\C)C(=O)O. The summed E-state index contributed by atoms with van der Waals surface area (Å²) < 4.78 is 0. The van der Waals surface area contributed by atoms with E-state index in [4.69, 9.17) is 10.2 Å². The predicted molar refractivity (Wildman–Crippen MR) is 72.6 cm³/mol. The van der Waals surface area contributed by atoms with E-state index in [1.165, 1.54) is 0 Å². The topological polar surface area (TPSA) is 74.6 Å². The number of hydrogen-bond donors (Lipinski definition) is 2. The molecule has 0 spiro atoms. The largest absolute Gasteiger partial charge is 0.478 e. The Morgan fingerprint density at radius 3 is 2.00 bits per heavy atom. The minimum Gasteiger partial charge on any atom is -0.478 e. The van der Waals surface area contributed by atoms with Crippen LogP contribution in [0.2, 0.25) is 0 Å². The number of allylic oxidation sites excluding steroid dienone is 1. The van der Waals surface area contributed by atoms with Gasteiger partial charge in [0.1, 0.15) is 0 Å². The van der Waals surface area contributed by atoms with E-state index in [1.54, 1.807) is 13.0 Å². The molecule has 4 heteroatoms. The fourth-order valence-corrected chi connectivity index (χ4v) is 0.945. The van der Waals surface area contributed by atoms with Gasteiger partial charge in [0, 0.05) is 11.1 Å². The van der Waals surface area contributed by atoms with Crippen molar-refractivity contribution in [3.05, 3.63) is 23.8 Å². The van der Waals surface area contributed by atoms with Crippen molar-refractivity contribution in [1.82, 2.24) is 0 Å². The number of carboxylic acid groups (broad SMARTS) is 2. The Balaban J connectivity index is 0. The second-order valence-electron chi connectivity index (χ2n) is 3.99. The standard InChI is InChI=1S/2C7H12O2/c2*1-3-4-5-6(2)7(8)9/h5H,3-4H2,1-2H3,(H,8,9);2-5H2,1H3,(H,8,9)/b6-5+;. The monoisotopic (exact) mass is 256 g/mol. The highest BCUT2D eigenvalue weighted by molar-refractivity contribution is 5.86. The summed E-state index contributed by atoms with van der Waals surface area (Å²) in [5, 5.41) is 16.6. The summed E-state index contributed by atoms with van der Waals surface area (Å²) >= 11 is 0. The van der Waals surface area contributed by atoms with E-state index in [-0.39, 0.29) is 0 Å².